The van der Waals surface area contributed by atoms with Crippen molar-refractivity contribution in [2.75, 3.05) is 39.6 Å². The number of unbranched alkanes of at least 4 members (excludes halogenated alkanes) is 42. The van der Waals surface area contributed by atoms with Gasteiger partial charge in [0.1, 0.15) is 19.3 Å². The lowest BCUT2D eigenvalue weighted by Gasteiger charge is -2.21. The maximum absolute atomic E-state index is 13.1. The summed E-state index contributed by atoms with van der Waals surface area (Å²) in [6, 6.07) is 0. The molecule has 0 aliphatic heterocycles. The van der Waals surface area contributed by atoms with Crippen molar-refractivity contribution >= 4 is 39.5 Å². The Morgan fingerprint density at radius 3 is 0.739 bits per heavy atom. The molecule has 0 radical (unpaired) electrons. The summed E-state index contributed by atoms with van der Waals surface area (Å²) in [6.45, 7) is 9.45. The van der Waals surface area contributed by atoms with Gasteiger partial charge in [0, 0.05) is 25.7 Å². The van der Waals surface area contributed by atoms with Crippen molar-refractivity contribution < 1.29 is 80.2 Å². The van der Waals surface area contributed by atoms with Gasteiger partial charge in [0.2, 0.25) is 0 Å². The van der Waals surface area contributed by atoms with E-state index >= 15 is 0 Å². The molecule has 92 heavy (non-hydrogen) atoms. The van der Waals surface area contributed by atoms with Crippen molar-refractivity contribution in [1.82, 2.24) is 0 Å². The van der Waals surface area contributed by atoms with E-state index in [1.54, 1.807) is 0 Å². The number of aliphatic hydroxyl groups is 1. The molecule has 3 N–H and O–H groups in total. The molecule has 0 aromatic carbocycles. The van der Waals surface area contributed by atoms with Crippen molar-refractivity contribution in [3.05, 3.63) is 0 Å². The zero-order chi connectivity index (χ0) is 67.9. The average Bonchev–Trinajstić information content (AvgIpc) is 1.40. The molecule has 0 aromatic rings. The monoisotopic (exact) mass is 1350 g/mol. The number of carbonyl (C=O) groups is 4. The van der Waals surface area contributed by atoms with Crippen molar-refractivity contribution in [2.24, 2.45) is 11.8 Å². The molecule has 0 saturated carbocycles. The lowest BCUT2D eigenvalue weighted by Crippen LogP contribution is -2.30. The zero-order valence-corrected chi connectivity index (χ0v) is 61.6. The molecule has 0 aliphatic carbocycles. The summed E-state index contributed by atoms with van der Waals surface area (Å²) >= 11 is 0. The number of rotatable bonds is 72. The molecule has 2 unspecified atom stereocenters. The largest absolute Gasteiger partial charge is 0.472 e. The van der Waals surface area contributed by atoms with Gasteiger partial charge in [-0.15, -0.1) is 0 Å². The van der Waals surface area contributed by atoms with E-state index in [1.165, 1.54) is 186 Å². The van der Waals surface area contributed by atoms with Crippen LogP contribution in [0.25, 0.3) is 0 Å². The van der Waals surface area contributed by atoms with E-state index in [9.17, 15) is 43.2 Å². The highest BCUT2D eigenvalue weighted by Gasteiger charge is 2.30. The third kappa shape index (κ3) is 66.7. The molecule has 0 saturated heterocycles. The molecule has 0 fully saturated rings. The first-order valence-electron chi connectivity index (χ1n) is 38.0. The van der Waals surface area contributed by atoms with Gasteiger partial charge in [0.05, 0.1) is 26.4 Å². The number of hydrogen-bond acceptors (Lipinski definition) is 15. The molecule has 0 aliphatic rings. The topological polar surface area (TPSA) is 237 Å². The standard InChI is InChI=1S/C73H142O17P2/c1-7-9-11-13-15-17-18-19-20-21-22-23-24-25-26-27-30-34-38-45-51-57-72(77)89-68(61-84-71(76)56-50-44-37-33-31-28-29-32-35-41-47-53-65(3)4)63-87-91(79,80)85-59-67(74)60-86-92(81,82)88-64-69(62-83-70(75)55-49-43-36-16-14-12-10-8-2)90-73(78)58-52-46-40-39-42-48-54-66(5)6/h65-69,74H,7-64H2,1-6H3,(H,79,80)(H,81,82)/t67-,68-,69-/m1/s1. The number of phosphoric ester groups is 2. The van der Waals surface area contributed by atoms with Crippen molar-refractivity contribution in [3.8, 4) is 0 Å². The van der Waals surface area contributed by atoms with E-state index in [0.717, 1.165) is 102 Å². The molecule has 0 bridgehead atoms. The Kier molecular flexibility index (Phi) is 63.7. The Bertz CT molecular complexity index is 1790. The Balaban J connectivity index is 5.16. The van der Waals surface area contributed by atoms with Crippen LogP contribution in [0.2, 0.25) is 0 Å². The van der Waals surface area contributed by atoms with Crippen LogP contribution in [0.5, 0.6) is 0 Å². The molecule has 0 amide bonds. The number of hydrogen-bond donors (Lipinski definition) is 3. The van der Waals surface area contributed by atoms with Gasteiger partial charge in [-0.3, -0.25) is 37.3 Å². The summed E-state index contributed by atoms with van der Waals surface area (Å²) in [5.74, 6) is -0.688. The first kappa shape index (κ1) is 90.1. The summed E-state index contributed by atoms with van der Waals surface area (Å²) in [5, 5.41) is 10.6. The fraction of sp³-hybridized carbons (Fsp3) is 0.945. The minimum atomic E-state index is -4.95. The van der Waals surface area contributed by atoms with Crippen LogP contribution in [-0.4, -0.2) is 96.7 Å². The second kappa shape index (κ2) is 65.0. The molecule has 5 atom stereocenters. The predicted octanol–water partition coefficient (Wildman–Crippen LogP) is 21.2. The van der Waals surface area contributed by atoms with Gasteiger partial charge in [-0.2, -0.15) is 0 Å². The van der Waals surface area contributed by atoms with Crippen LogP contribution in [0.3, 0.4) is 0 Å². The van der Waals surface area contributed by atoms with E-state index in [1.807, 2.05) is 0 Å². The third-order valence-corrected chi connectivity index (χ3v) is 18.9. The van der Waals surface area contributed by atoms with E-state index in [-0.39, 0.29) is 25.7 Å². The van der Waals surface area contributed by atoms with Crippen LogP contribution in [0.4, 0.5) is 0 Å². The van der Waals surface area contributed by atoms with Gasteiger partial charge >= 0.3 is 39.5 Å². The average molecular weight is 1350 g/mol. The first-order chi connectivity index (χ1) is 44.4. The van der Waals surface area contributed by atoms with Crippen molar-refractivity contribution in [3.63, 3.8) is 0 Å². The lowest BCUT2D eigenvalue weighted by molar-refractivity contribution is -0.161. The van der Waals surface area contributed by atoms with Gasteiger partial charge < -0.3 is 33.8 Å². The minimum Gasteiger partial charge on any atom is -0.462 e. The Morgan fingerprint density at radius 2 is 0.500 bits per heavy atom. The van der Waals surface area contributed by atoms with E-state index < -0.39 is 97.5 Å². The van der Waals surface area contributed by atoms with Crippen LogP contribution >= 0.6 is 15.6 Å². The van der Waals surface area contributed by atoms with Crippen LogP contribution < -0.4 is 0 Å². The van der Waals surface area contributed by atoms with E-state index in [0.29, 0.717) is 31.6 Å². The molecule has 546 valence electrons. The quantitative estimate of drug-likeness (QED) is 0.0222. The molecule has 0 rings (SSSR count). The van der Waals surface area contributed by atoms with Gasteiger partial charge in [-0.25, -0.2) is 9.13 Å². The molecule has 19 heteroatoms. The van der Waals surface area contributed by atoms with Crippen LogP contribution in [-0.2, 0) is 65.4 Å². The highest BCUT2D eigenvalue weighted by Crippen LogP contribution is 2.45. The van der Waals surface area contributed by atoms with Crippen molar-refractivity contribution in [1.29, 1.82) is 0 Å². The number of phosphoric acid groups is 2. The van der Waals surface area contributed by atoms with E-state index in [2.05, 4.69) is 41.5 Å². The number of aliphatic hydroxyl groups excluding tert-OH is 1. The van der Waals surface area contributed by atoms with Gasteiger partial charge in [0.15, 0.2) is 12.2 Å². The Labute approximate surface area is 562 Å². The number of ether oxygens (including phenoxy) is 4. The maximum atomic E-state index is 13.1. The molecular weight excluding hydrogens is 1210 g/mol. The smallest absolute Gasteiger partial charge is 0.462 e. The summed E-state index contributed by atoms with van der Waals surface area (Å²) in [5.41, 5.74) is 0. The summed E-state index contributed by atoms with van der Waals surface area (Å²) in [4.78, 5) is 72.5. The first-order valence-corrected chi connectivity index (χ1v) is 41.0. The lowest BCUT2D eigenvalue weighted by atomic mass is 10.0. The molecule has 17 nitrogen and oxygen atoms in total. The van der Waals surface area contributed by atoms with Crippen LogP contribution in [0.1, 0.15) is 375 Å². The van der Waals surface area contributed by atoms with Crippen LogP contribution in [0, 0.1) is 11.8 Å². The second-order valence-electron chi connectivity index (χ2n) is 27.3. The van der Waals surface area contributed by atoms with Crippen LogP contribution in [0.15, 0.2) is 0 Å². The Hall–Kier alpha value is -1.94. The fourth-order valence-electron chi connectivity index (χ4n) is 11.1. The molecule has 0 aromatic heterocycles. The SMILES string of the molecule is CCCCCCCCCCCCCCCCCCCCCCCC(=O)O[C@H](COC(=O)CCCCCCCCCCCCCC(C)C)COP(=O)(O)OC[C@@H](O)COP(=O)(O)OC[C@@H](COC(=O)CCCCCCCCCC)OC(=O)CCCCCCCCC(C)C. The predicted molar refractivity (Wildman–Crippen MR) is 372 cm³/mol. The minimum absolute atomic E-state index is 0.102. The summed E-state index contributed by atoms with van der Waals surface area (Å²) in [7, 11) is -9.90. The molecule has 0 spiro atoms. The fourth-order valence-corrected chi connectivity index (χ4v) is 12.7. The summed E-state index contributed by atoms with van der Waals surface area (Å²) in [6.07, 6.45) is 51.8. The van der Waals surface area contributed by atoms with E-state index in [4.69, 9.17) is 37.0 Å². The van der Waals surface area contributed by atoms with Crippen molar-refractivity contribution in [2.45, 2.75) is 394 Å². The van der Waals surface area contributed by atoms with Gasteiger partial charge in [0.25, 0.3) is 0 Å². The highest BCUT2D eigenvalue weighted by molar-refractivity contribution is 7.47. The summed E-state index contributed by atoms with van der Waals surface area (Å²) < 4.78 is 68.2. The Morgan fingerprint density at radius 1 is 0.293 bits per heavy atom. The second-order valence-corrected chi connectivity index (χ2v) is 30.2. The highest BCUT2D eigenvalue weighted by atomic mass is 31.2. The maximum Gasteiger partial charge on any atom is 0.472 e. The van der Waals surface area contributed by atoms with Gasteiger partial charge in [-0.1, -0.05) is 324 Å². The molecule has 0 heterocycles. The number of carbonyl (C=O) groups excluding carboxylic acids is 4. The molecular formula is C73H142O17P2. The normalized spacial score (nSPS) is 14.1. The third-order valence-electron chi connectivity index (χ3n) is 17.0. The number of esters is 4. The van der Waals surface area contributed by atoms with Gasteiger partial charge in [-0.05, 0) is 37.5 Å². The zero-order valence-electron chi connectivity index (χ0n) is 59.9.